The molecule has 1 aliphatic heterocycles. The summed E-state index contributed by atoms with van der Waals surface area (Å²) in [5.74, 6) is 0.942. The molecule has 0 saturated carbocycles. The summed E-state index contributed by atoms with van der Waals surface area (Å²) in [6.45, 7) is 0.366. The van der Waals surface area contributed by atoms with Crippen LogP contribution in [0.1, 0.15) is 17.2 Å². The van der Waals surface area contributed by atoms with Gasteiger partial charge < -0.3 is 18.8 Å². The maximum atomic E-state index is 12.9. The maximum absolute atomic E-state index is 12.9. The second-order valence-corrected chi connectivity index (χ2v) is 7.05. The molecule has 29 heavy (non-hydrogen) atoms. The van der Waals surface area contributed by atoms with Crippen molar-refractivity contribution in [3.8, 4) is 5.75 Å². The smallest absolute Gasteiger partial charge is 0.255 e. The van der Waals surface area contributed by atoms with Crippen LogP contribution in [-0.4, -0.2) is 16.3 Å². The second-order valence-electron chi connectivity index (χ2n) is 6.26. The number of hydrogen-bond acceptors (Lipinski definition) is 5. The van der Waals surface area contributed by atoms with Crippen molar-refractivity contribution in [1.82, 2.24) is 9.55 Å². The quantitative estimate of drug-likeness (QED) is 0.536. The van der Waals surface area contributed by atoms with E-state index in [1.165, 1.54) is 16.9 Å². The Balaban J connectivity index is 1.61. The Kier molecular flexibility index (Phi) is 5.74. The number of rotatable bonds is 6. The molecule has 1 unspecified atom stereocenters. The maximum Gasteiger partial charge on any atom is 0.255 e. The molecule has 1 aromatic carbocycles. The fourth-order valence-corrected chi connectivity index (χ4v) is 3.32. The van der Waals surface area contributed by atoms with Crippen molar-refractivity contribution < 1.29 is 14.2 Å². The minimum atomic E-state index is -0.548. The highest BCUT2D eigenvalue weighted by Crippen LogP contribution is 2.33. The molecule has 1 atom stereocenters. The first-order valence-electron chi connectivity index (χ1n) is 8.76. The molecule has 4 rings (SSSR count). The monoisotopic (exact) mass is 430 g/mol. The molecule has 0 saturated heterocycles. The number of aromatic nitrogens is 2. The van der Waals surface area contributed by atoms with Gasteiger partial charge >= 0.3 is 0 Å². The first-order valence-corrected chi connectivity index (χ1v) is 9.52. The van der Waals surface area contributed by atoms with Crippen molar-refractivity contribution in [3.05, 3.63) is 105 Å². The third kappa shape index (κ3) is 4.39. The number of nitrogens with zero attached hydrogens (tertiary/aromatic N) is 2. The van der Waals surface area contributed by atoms with Gasteiger partial charge in [0.2, 0.25) is 6.79 Å². The zero-order chi connectivity index (χ0) is 20.2. The Morgan fingerprint density at radius 2 is 2.03 bits per heavy atom. The number of allylic oxidation sites excluding steroid dienone is 1. The second kappa shape index (κ2) is 8.59. The summed E-state index contributed by atoms with van der Waals surface area (Å²) in [4.78, 5) is 16.9. The molecule has 0 spiro atoms. The Labute approximate surface area is 176 Å². The number of pyridine rings is 2. The minimum absolute atomic E-state index is 0.0986. The topological polar surface area (TPSA) is 62.6 Å². The van der Waals surface area contributed by atoms with E-state index < -0.39 is 6.04 Å². The lowest BCUT2D eigenvalue weighted by molar-refractivity contribution is 0.0735. The fraction of sp³-hybridized carbons (Fsp3) is 0.143. The van der Waals surface area contributed by atoms with E-state index in [4.69, 9.17) is 37.4 Å². The number of hydrogen-bond donors (Lipinski definition) is 0. The van der Waals surface area contributed by atoms with E-state index in [0.29, 0.717) is 21.7 Å². The van der Waals surface area contributed by atoms with E-state index in [-0.39, 0.29) is 19.0 Å². The Bertz CT molecular complexity index is 1100. The molecular weight excluding hydrogens is 415 g/mol. The number of benzene rings is 1. The zero-order valence-corrected chi connectivity index (χ0v) is 16.6. The van der Waals surface area contributed by atoms with Crippen LogP contribution in [-0.2, 0) is 16.1 Å². The van der Waals surface area contributed by atoms with Crippen molar-refractivity contribution in [2.45, 2.75) is 12.6 Å². The van der Waals surface area contributed by atoms with Gasteiger partial charge in [0.1, 0.15) is 29.8 Å². The first-order chi connectivity index (χ1) is 14.1. The lowest BCUT2D eigenvalue weighted by atomic mass is 10.0. The molecule has 2 aromatic heterocycles. The molecule has 8 heteroatoms. The molecule has 3 heterocycles. The minimum Gasteiger partial charge on any atom is -0.489 e. The van der Waals surface area contributed by atoms with Crippen LogP contribution in [0.25, 0.3) is 0 Å². The summed E-state index contributed by atoms with van der Waals surface area (Å²) in [5, 5.41) is 0.936. The highest BCUT2D eigenvalue weighted by molar-refractivity contribution is 6.31. The van der Waals surface area contributed by atoms with Crippen molar-refractivity contribution in [2.24, 2.45) is 0 Å². The highest BCUT2D eigenvalue weighted by Gasteiger charge is 2.26. The van der Waals surface area contributed by atoms with E-state index in [9.17, 15) is 4.79 Å². The summed E-state index contributed by atoms with van der Waals surface area (Å²) in [6, 6.07) is 13.4. The van der Waals surface area contributed by atoms with Crippen LogP contribution < -0.4 is 10.3 Å². The predicted octanol–water partition coefficient (Wildman–Crippen LogP) is 4.56. The average Bonchev–Trinajstić information content (AvgIpc) is 3.25. The molecule has 0 aliphatic carbocycles. The summed E-state index contributed by atoms with van der Waals surface area (Å²) < 4.78 is 18.0. The van der Waals surface area contributed by atoms with Crippen LogP contribution in [0.4, 0.5) is 0 Å². The van der Waals surface area contributed by atoms with Crippen LogP contribution in [0.3, 0.4) is 0 Å². The third-order valence-corrected chi connectivity index (χ3v) is 4.92. The molecule has 6 nitrogen and oxygen atoms in total. The molecule has 0 N–H and O–H groups in total. The molecular formula is C21H16Cl2N2O4. The van der Waals surface area contributed by atoms with Crippen molar-refractivity contribution in [3.63, 3.8) is 0 Å². The molecule has 0 radical (unpaired) electrons. The van der Waals surface area contributed by atoms with Crippen molar-refractivity contribution in [1.29, 1.82) is 0 Å². The normalized spacial score (nSPS) is 13.9. The lowest BCUT2D eigenvalue weighted by Crippen LogP contribution is -2.26. The van der Waals surface area contributed by atoms with Gasteiger partial charge in [-0.3, -0.25) is 4.79 Å². The summed E-state index contributed by atoms with van der Waals surface area (Å²) in [5.41, 5.74) is 1.31. The summed E-state index contributed by atoms with van der Waals surface area (Å²) >= 11 is 12.2. The molecule has 148 valence electrons. The van der Waals surface area contributed by atoms with E-state index in [2.05, 4.69) is 4.98 Å². The van der Waals surface area contributed by atoms with Crippen LogP contribution >= 0.6 is 23.2 Å². The SMILES string of the molecule is O=c1cc(OCc2ccc(Cl)nc2)ccn1C(C1=COCO1)c1ccccc1Cl. The lowest BCUT2D eigenvalue weighted by Gasteiger charge is -2.21. The zero-order valence-electron chi connectivity index (χ0n) is 15.1. The Morgan fingerprint density at radius 1 is 1.17 bits per heavy atom. The van der Waals surface area contributed by atoms with Crippen LogP contribution in [0.15, 0.2) is 77.7 Å². The molecule has 0 amide bonds. The fourth-order valence-electron chi connectivity index (χ4n) is 2.97. The van der Waals surface area contributed by atoms with E-state index in [1.54, 1.807) is 30.6 Å². The molecule has 1 aliphatic rings. The molecule has 0 fully saturated rings. The first kappa shape index (κ1) is 19.4. The van der Waals surface area contributed by atoms with Gasteiger partial charge in [-0.05, 0) is 18.2 Å². The van der Waals surface area contributed by atoms with Crippen LogP contribution in [0.5, 0.6) is 5.75 Å². The van der Waals surface area contributed by atoms with Crippen molar-refractivity contribution in [2.75, 3.05) is 6.79 Å². The Morgan fingerprint density at radius 3 is 2.72 bits per heavy atom. The van der Waals surface area contributed by atoms with Gasteiger partial charge in [-0.15, -0.1) is 0 Å². The third-order valence-electron chi connectivity index (χ3n) is 4.35. The summed E-state index contributed by atoms with van der Waals surface area (Å²) in [6.07, 6.45) is 4.77. The molecule has 3 aromatic rings. The number of halogens is 2. The van der Waals surface area contributed by atoms with Crippen molar-refractivity contribution >= 4 is 23.2 Å². The van der Waals surface area contributed by atoms with Gasteiger partial charge in [0.05, 0.1) is 0 Å². The van der Waals surface area contributed by atoms with E-state index >= 15 is 0 Å². The van der Waals surface area contributed by atoms with E-state index in [1.807, 2.05) is 24.3 Å². The van der Waals surface area contributed by atoms with Gasteiger partial charge in [0, 0.05) is 34.6 Å². The predicted molar refractivity (Wildman–Crippen MR) is 109 cm³/mol. The van der Waals surface area contributed by atoms with Gasteiger partial charge in [0.15, 0.2) is 5.76 Å². The standard InChI is InChI=1S/C21H16Cl2N2O4/c22-17-4-2-1-3-16(17)21(18-12-27-13-29-18)25-8-7-15(9-20(25)26)28-11-14-5-6-19(23)24-10-14/h1-10,12,21H,11,13H2. The Hall–Kier alpha value is -2.96. The summed E-state index contributed by atoms with van der Waals surface area (Å²) in [7, 11) is 0. The van der Waals surface area contributed by atoms with Crippen LogP contribution in [0, 0.1) is 0 Å². The highest BCUT2D eigenvalue weighted by atomic mass is 35.5. The van der Waals surface area contributed by atoms with Gasteiger partial charge in [-0.2, -0.15) is 0 Å². The number of ether oxygens (including phenoxy) is 3. The average molecular weight is 431 g/mol. The largest absolute Gasteiger partial charge is 0.489 e. The van der Waals surface area contributed by atoms with Gasteiger partial charge in [-0.1, -0.05) is 47.5 Å². The van der Waals surface area contributed by atoms with Gasteiger partial charge in [-0.25, -0.2) is 4.98 Å². The van der Waals surface area contributed by atoms with Crippen LogP contribution in [0.2, 0.25) is 10.2 Å². The van der Waals surface area contributed by atoms with E-state index in [0.717, 1.165) is 11.1 Å². The van der Waals surface area contributed by atoms with Gasteiger partial charge in [0.25, 0.3) is 5.56 Å². The molecule has 0 bridgehead atoms.